The Labute approximate surface area is 121 Å². The van der Waals surface area contributed by atoms with Gasteiger partial charge in [-0.1, -0.05) is 12.1 Å². The fraction of sp³-hybridized carbons (Fsp3) is 0.125. The van der Waals surface area contributed by atoms with E-state index in [1.165, 1.54) is 12.1 Å². The second-order valence-corrected chi connectivity index (χ2v) is 4.89. The summed E-state index contributed by atoms with van der Waals surface area (Å²) in [6, 6.07) is 9.72. The van der Waals surface area contributed by atoms with Crippen LogP contribution in [0, 0.1) is 12.7 Å². The van der Waals surface area contributed by atoms with Crippen LogP contribution in [0.4, 0.5) is 10.1 Å². The van der Waals surface area contributed by atoms with E-state index < -0.39 is 0 Å². The number of amides is 1. The molecular formula is C16H14FN3O. The number of hydrogen-bond acceptors (Lipinski definition) is 2. The highest BCUT2D eigenvalue weighted by Gasteiger charge is 2.09. The van der Waals surface area contributed by atoms with Gasteiger partial charge in [0.2, 0.25) is 5.91 Å². The number of halogens is 1. The van der Waals surface area contributed by atoms with Crippen molar-refractivity contribution in [2.45, 2.75) is 13.3 Å². The summed E-state index contributed by atoms with van der Waals surface area (Å²) in [5.74, 6) is -0.599. The Balaban J connectivity index is 1.75. The molecule has 0 atom stereocenters. The van der Waals surface area contributed by atoms with Gasteiger partial charge in [0.25, 0.3) is 0 Å². The lowest BCUT2D eigenvalue weighted by Gasteiger charge is -2.03. The normalized spacial score (nSPS) is 10.8. The molecule has 0 fully saturated rings. The second-order valence-electron chi connectivity index (χ2n) is 4.89. The quantitative estimate of drug-likeness (QED) is 0.803. The molecule has 2 aromatic heterocycles. The molecule has 1 N–H and O–H groups in total. The first kappa shape index (κ1) is 13.3. The Hall–Kier alpha value is -2.69. The van der Waals surface area contributed by atoms with Crippen LogP contribution in [0.25, 0.3) is 5.65 Å². The minimum atomic E-state index is -0.379. The van der Waals surface area contributed by atoms with E-state index in [9.17, 15) is 9.18 Å². The van der Waals surface area contributed by atoms with E-state index in [1.54, 1.807) is 12.1 Å². The van der Waals surface area contributed by atoms with Gasteiger partial charge in [-0.15, -0.1) is 0 Å². The average molecular weight is 283 g/mol. The molecule has 0 aliphatic carbocycles. The lowest BCUT2D eigenvalue weighted by Crippen LogP contribution is -2.14. The molecule has 0 spiro atoms. The molecule has 0 unspecified atom stereocenters. The van der Waals surface area contributed by atoms with Gasteiger partial charge >= 0.3 is 0 Å². The number of hydrogen-bond donors (Lipinski definition) is 1. The highest BCUT2D eigenvalue weighted by atomic mass is 19.1. The smallest absolute Gasteiger partial charge is 0.230 e. The molecule has 0 aliphatic heterocycles. The molecule has 21 heavy (non-hydrogen) atoms. The van der Waals surface area contributed by atoms with Crippen molar-refractivity contribution in [3.05, 3.63) is 65.9 Å². The summed E-state index contributed by atoms with van der Waals surface area (Å²) in [5, 5.41) is 2.66. The Morgan fingerprint density at radius 1 is 1.33 bits per heavy atom. The zero-order valence-corrected chi connectivity index (χ0v) is 11.5. The number of benzene rings is 1. The summed E-state index contributed by atoms with van der Waals surface area (Å²) < 4.78 is 15.0. The fourth-order valence-corrected chi connectivity index (χ4v) is 2.23. The van der Waals surface area contributed by atoms with E-state index >= 15 is 0 Å². The SMILES string of the molecule is Cc1cccn2cc(CC(=O)Nc3cccc(F)c3)nc12. The summed E-state index contributed by atoms with van der Waals surface area (Å²) >= 11 is 0. The molecule has 0 saturated carbocycles. The summed E-state index contributed by atoms with van der Waals surface area (Å²) in [4.78, 5) is 16.4. The fourth-order valence-electron chi connectivity index (χ4n) is 2.23. The summed E-state index contributed by atoms with van der Waals surface area (Å²) in [6.45, 7) is 1.97. The van der Waals surface area contributed by atoms with Crippen molar-refractivity contribution in [3.63, 3.8) is 0 Å². The zero-order chi connectivity index (χ0) is 14.8. The predicted octanol–water partition coefficient (Wildman–Crippen LogP) is 2.96. The Kier molecular flexibility index (Phi) is 3.39. The molecule has 5 heteroatoms. The van der Waals surface area contributed by atoms with E-state index in [0.29, 0.717) is 11.4 Å². The molecule has 0 aliphatic rings. The second kappa shape index (κ2) is 5.36. The molecule has 106 valence electrons. The van der Waals surface area contributed by atoms with Crippen molar-refractivity contribution in [2.24, 2.45) is 0 Å². The molecule has 2 heterocycles. The number of carbonyl (C=O) groups is 1. The number of pyridine rings is 1. The molecule has 0 radical (unpaired) electrons. The van der Waals surface area contributed by atoms with Crippen molar-refractivity contribution < 1.29 is 9.18 Å². The van der Waals surface area contributed by atoms with Crippen molar-refractivity contribution in [2.75, 3.05) is 5.32 Å². The monoisotopic (exact) mass is 283 g/mol. The minimum absolute atomic E-state index is 0.150. The predicted molar refractivity (Wildman–Crippen MR) is 78.7 cm³/mol. The highest BCUT2D eigenvalue weighted by Crippen LogP contribution is 2.12. The van der Waals surface area contributed by atoms with Crippen LogP contribution < -0.4 is 5.32 Å². The zero-order valence-electron chi connectivity index (χ0n) is 11.5. The number of aromatic nitrogens is 2. The van der Waals surface area contributed by atoms with Gasteiger partial charge in [-0.3, -0.25) is 4.79 Å². The van der Waals surface area contributed by atoms with E-state index in [4.69, 9.17) is 0 Å². The van der Waals surface area contributed by atoms with Crippen LogP contribution >= 0.6 is 0 Å². The molecule has 3 rings (SSSR count). The van der Waals surface area contributed by atoms with Gasteiger partial charge in [-0.2, -0.15) is 0 Å². The topological polar surface area (TPSA) is 46.4 Å². The third kappa shape index (κ3) is 2.91. The van der Waals surface area contributed by atoms with Gasteiger partial charge in [0.05, 0.1) is 12.1 Å². The van der Waals surface area contributed by atoms with Crippen molar-refractivity contribution in [1.29, 1.82) is 0 Å². The minimum Gasteiger partial charge on any atom is -0.326 e. The molecule has 3 aromatic rings. The first-order valence-electron chi connectivity index (χ1n) is 6.60. The van der Waals surface area contributed by atoms with Crippen LogP contribution in [0.15, 0.2) is 48.8 Å². The molecule has 1 aromatic carbocycles. The van der Waals surface area contributed by atoms with Gasteiger partial charge in [0.15, 0.2) is 0 Å². The number of aryl methyl sites for hydroxylation is 1. The van der Waals surface area contributed by atoms with Crippen molar-refractivity contribution >= 4 is 17.2 Å². The third-order valence-electron chi connectivity index (χ3n) is 3.18. The first-order valence-corrected chi connectivity index (χ1v) is 6.60. The number of fused-ring (bicyclic) bond motifs is 1. The van der Waals surface area contributed by atoms with E-state index in [0.717, 1.165) is 11.2 Å². The number of imidazole rings is 1. The average Bonchev–Trinajstić information content (AvgIpc) is 2.82. The Morgan fingerprint density at radius 3 is 2.95 bits per heavy atom. The standard InChI is InChI=1S/C16H14FN3O/c1-11-4-3-7-20-10-14(19-16(11)20)9-15(21)18-13-6-2-5-12(17)8-13/h2-8,10H,9H2,1H3,(H,18,21). The van der Waals surface area contributed by atoms with Crippen LogP contribution in [0.2, 0.25) is 0 Å². The Bertz CT molecular complexity index is 810. The Morgan fingerprint density at radius 2 is 2.19 bits per heavy atom. The molecular weight excluding hydrogens is 269 g/mol. The van der Waals surface area contributed by atoms with Gasteiger partial charge in [0.1, 0.15) is 11.5 Å². The molecule has 1 amide bonds. The maximum absolute atomic E-state index is 13.1. The highest BCUT2D eigenvalue weighted by molar-refractivity contribution is 5.92. The van der Waals surface area contributed by atoms with Crippen molar-refractivity contribution in [1.82, 2.24) is 9.38 Å². The summed E-state index contributed by atoms with van der Waals surface area (Å²) in [5.41, 5.74) is 3.01. The largest absolute Gasteiger partial charge is 0.326 e. The van der Waals surface area contributed by atoms with E-state index in [1.807, 2.05) is 35.9 Å². The molecule has 0 saturated heterocycles. The van der Waals surface area contributed by atoms with Gasteiger partial charge in [-0.05, 0) is 36.8 Å². The van der Waals surface area contributed by atoms with Crippen LogP contribution in [-0.2, 0) is 11.2 Å². The maximum Gasteiger partial charge on any atom is 0.230 e. The molecule has 0 bridgehead atoms. The van der Waals surface area contributed by atoms with Crippen LogP contribution in [-0.4, -0.2) is 15.3 Å². The van der Waals surface area contributed by atoms with E-state index in [-0.39, 0.29) is 18.1 Å². The number of anilines is 1. The van der Waals surface area contributed by atoms with Crippen LogP contribution in [0.1, 0.15) is 11.3 Å². The van der Waals surface area contributed by atoms with Crippen LogP contribution in [0.5, 0.6) is 0 Å². The lowest BCUT2D eigenvalue weighted by molar-refractivity contribution is -0.115. The summed E-state index contributed by atoms with van der Waals surface area (Å²) in [6.07, 6.45) is 3.87. The lowest BCUT2D eigenvalue weighted by atomic mass is 10.2. The summed E-state index contributed by atoms with van der Waals surface area (Å²) in [7, 11) is 0. The number of carbonyl (C=O) groups excluding carboxylic acids is 1. The van der Waals surface area contributed by atoms with Gasteiger partial charge in [-0.25, -0.2) is 9.37 Å². The first-order chi connectivity index (χ1) is 10.1. The van der Waals surface area contributed by atoms with Gasteiger partial charge < -0.3 is 9.72 Å². The third-order valence-corrected chi connectivity index (χ3v) is 3.18. The molecule has 4 nitrogen and oxygen atoms in total. The number of nitrogens with one attached hydrogen (secondary N) is 1. The van der Waals surface area contributed by atoms with Crippen molar-refractivity contribution in [3.8, 4) is 0 Å². The number of nitrogens with zero attached hydrogens (tertiary/aromatic N) is 2. The maximum atomic E-state index is 13.1. The van der Waals surface area contributed by atoms with E-state index in [2.05, 4.69) is 10.3 Å². The van der Waals surface area contributed by atoms with Crippen LogP contribution in [0.3, 0.4) is 0 Å². The number of rotatable bonds is 3. The van der Waals surface area contributed by atoms with Gasteiger partial charge in [0, 0.05) is 18.1 Å².